The number of unbranched alkanes of at least 4 members (excludes halogenated alkanes) is 1. The molecule has 1 saturated carbocycles. The molecule has 13 nitrogen and oxygen atoms in total. The van der Waals surface area contributed by atoms with Gasteiger partial charge in [0.1, 0.15) is 6.04 Å². The molecule has 0 radical (unpaired) electrons. The van der Waals surface area contributed by atoms with E-state index in [4.69, 9.17) is 0 Å². The predicted octanol–water partition coefficient (Wildman–Crippen LogP) is 4.40. The van der Waals surface area contributed by atoms with E-state index in [2.05, 4.69) is 26.0 Å². The topological polar surface area (TPSA) is 180 Å². The Morgan fingerprint density at radius 2 is 1.51 bits per heavy atom. The summed E-state index contributed by atoms with van der Waals surface area (Å²) in [7, 11) is 3.17. The molecule has 1 aliphatic rings. The second-order valence-corrected chi connectivity index (χ2v) is 14.3. The van der Waals surface area contributed by atoms with Crippen LogP contribution in [-0.4, -0.2) is 90.7 Å². The lowest BCUT2D eigenvalue weighted by molar-refractivity contribution is -0.244. The fourth-order valence-corrected chi connectivity index (χ4v) is 4.87. The van der Waals surface area contributed by atoms with E-state index in [1.54, 1.807) is 58.3 Å². The Bertz CT molecular complexity index is 1410. The van der Waals surface area contributed by atoms with Gasteiger partial charge in [-0.05, 0) is 51.0 Å². The van der Waals surface area contributed by atoms with E-state index in [9.17, 15) is 46.7 Å². The first-order chi connectivity index (χ1) is 24.5. The second-order valence-electron chi connectivity index (χ2n) is 14.3. The molecule has 1 aromatic rings. The summed E-state index contributed by atoms with van der Waals surface area (Å²) in [5, 5.41) is 9.84. The fraction of sp³-hybridized carbons (Fsp3) is 0.649. The number of ether oxygens (including phenoxy) is 1. The predicted molar refractivity (Wildman–Crippen MR) is 191 cm³/mol. The lowest BCUT2D eigenvalue weighted by atomic mass is 10.0. The van der Waals surface area contributed by atoms with Crippen LogP contribution < -0.4 is 21.3 Å². The molecule has 4 unspecified atom stereocenters. The van der Waals surface area contributed by atoms with E-state index in [0.29, 0.717) is 24.3 Å². The molecule has 0 aliphatic heterocycles. The molecule has 1 fully saturated rings. The Kier molecular flexibility index (Phi) is 18.7. The van der Waals surface area contributed by atoms with Crippen molar-refractivity contribution in [2.24, 2.45) is 17.8 Å². The minimum Gasteiger partial charge on any atom is -0.434 e. The Balaban J connectivity index is 0.000000659. The Morgan fingerprint density at radius 3 is 1.98 bits per heavy atom. The molecule has 16 heteroatoms. The standard InChI is InChI=1S/C26H38N4O5.C11H18F3NO3/c1-5-6-10-17(2)24(33)28-20(15-18-13-14-18)23(32)25(34)27-16-21(31)29-22(26(35)30(3)4)19-11-8-7-9-12-19;1-6(2)8(7(3)16)15-9(17)18-10(4,5)11(12,13)14/h7-9,11-12,17-18,20,22H,5-6,10,13-16H2,1-4H3,(H,27,34)(H,28,33)(H,29,31);6,8H,1-5H3,(H,15,17). The first-order valence-electron chi connectivity index (χ1n) is 17.8. The number of hydrogen-bond acceptors (Lipinski definition) is 8. The number of carbonyl (C=O) groups is 7. The van der Waals surface area contributed by atoms with Gasteiger partial charge in [0.2, 0.25) is 29.1 Å². The molecular formula is C37H56F3N5O8. The molecule has 4 N–H and O–H groups in total. The molecule has 0 aromatic heterocycles. The number of alkyl halides is 3. The highest BCUT2D eigenvalue weighted by Gasteiger charge is 2.51. The van der Waals surface area contributed by atoms with Gasteiger partial charge in [-0.3, -0.25) is 28.8 Å². The van der Waals surface area contributed by atoms with Crippen molar-refractivity contribution < 1.29 is 51.5 Å². The zero-order chi connectivity index (χ0) is 40.7. The van der Waals surface area contributed by atoms with Crippen LogP contribution in [0.15, 0.2) is 30.3 Å². The maximum Gasteiger partial charge on any atom is 0.427 e. The first-order valence-corrected chi connectivity index (χ1v) is 17.8. The van der Waals surface area contributed by atoms with Gasteiger partial charge in [-0.15, -0.1) is 0 Å². The maximum atomic E-state index is 12.8. The molecular weight excluding hydrogens is 699 g/mol. The molecule has 53 heavy (non-hydrogen) atoms. The largest absolute Gasteiger partial charge is 0.434 e. The molecule has 4 atom stereocenters. The summed E-state index contributed by atoms with van der Waals surface area (Å²) >= 11 is 0. The van der Waals surface area contributed by atoms with Gasteiger partial charge in [-0.1, -0.05) is 83.7 Å². The van der Waals surface area contributed by atoms with E-state index in [1.165, 1.54) is 11.8 Å². The first kappa shape index (κ1) is 46.5. The highest BCUT2D eigenvalue weighted by atomic mass is 19.4. The van der Waals surface area contributed by atoms with Crippen LogP contribution in [0.3, 0.4) is 0 Å². The average Bonchev–Trinajstić information content (AvgIpc) is 3.90. The van der Waals surface area contributed by atoms with E-state index in [0.717, 1.165) is 39.5 Å². The lowest BCUT2D eigenvalue weighted by Crippen LogP contribution is -2.51. The minimum absolute atomic E-state index is 0.232. The number of amides is 5. The number of carbonyl (C=O) groups excluding carboxylic acids is 7. The van der Waals surface area contributed by atoms with Crippen LogP contribution in [0.2, 0.25) is 0 Å². The van der Waals surface area contributed by atoms with E-state index in [-0.39, 0.29) is 29.4 Å². The summed E-state index contributed by atoms with van der Waals surface area (Å²) in [6.45, 7) is 9.46. The Hall–Kier alpha value is -4.50. The van der Waals surface area contributed by atoms with E-state index in [1.807, 2.05) is 13.8 Å². The Labute approximate surface area is 309 Å². The van der Waals surface area contributed by atoms with Crippen molar-refractivity contribution in [2.75, 3.05) is 20.6 Å². The van der Waals surface area contributed by atoms with Crippen LogP contribution in [0.5, 0.6) is 0 Å². The summed E-state index contributed by atoms with van der Waals surface area (Å²) in [5.41, 5.74) is -2.00. The SMILES string of the molecule is CC(=O)C(NC(=O)OC(C)(C)C(F)(F)F)C(C)C.CCCCC(C)C(=O)NC(CC1CC1)C(=O)C(=O)NCC(=O)NC(C(=O)N(C)C)c1ccccc1. The number of nitrogens with one attached hydrogen (secondary N) is 4. The van der Waals surface area contributed by atoms with Gasteiger partial charge in [0, 0.05) is 20.0 Å². The van der Waals surface area contributed by atoms with Gasteiger partial charge >= 0.3 is 12.3 Å². The summed E-state index contributed by atoms with van der Waals surface area (Å²) in [6, 6.07) is 6.08. The van der Waals surface area contributed by atoms with Crippen molar-refractivity contribution >= 4 is 41.3 Å². The molecule has 0 heterocycles. The molecule has 298 valence electrons. The van der Waals surface area contributed by atoms with Crippen LogP contribution in [0, 0.1) is 17.8 Å². The van der Waals surface area contributed by atoms with Crippen LogP contribution in [0.4, 0.5) is 18.0 Å². The highest BCUT2D eigenvalue weighted by molar-refractivity contribution is 6.38. The van der Waals surface area contributed by atoms with Crippen molar-refractivity contribution in [3.63, 3.8) is 0 Å². The smallest absolute Gasteiger partial charge is 0.427 e. The summed E-state index contributed by atoms with van der Waals surface area (Å²) in [5.74, 6) is -3.36. The highest BCUT2D eigenvalue weighted by Crippen LogP contribution is 2.34. The lowest BCUT2D eigenvalue weighted by Gasteiger charge is -2.29. The van der Waals surface area contributed by atoms with Crippen LogP contribution in [-0.2, 0) is 33.5 Å². The van der Waals surface area contributed by atoms with E-state index < -0.39 is 60.1 Å². The van der Waals surface area contributed by atoms with Crippen molar-refractivity contribution in [1.29, 1.82) is 0 Å². The molecule has 1 aromatic carbocycles. The second kappa shape index (κ2) is 21.3. The van der Waals surface area contributed by atoms with Crippen LogP contribution in [0.1, 0.15) is 98.6 Å². The number of hydrogen-bond donors (Lipinski definition) is 4. The van der Waals surface area contributed by atoms with Crippen LogP contribution >= 0.6 is 0 Å². The number of benzene rings is 1. The molecule has 1 aliphatic carbocycles. The molecule has 0 saturated heterocycles. The molecule has 2 rings (SSSR count). The number of Topliss-reactive ketones (excluding diaryl/α,β-unsaturated/α-hetero) is 2. The number of halogens is 3. The quantitative estimate of drug-likeness (QED) is 0.159. The number of likely N-dealkylation sites (N-methyl/N-ethyl adjacent to an activating group) is 1. The third kappa shape index (κ3) is 16.4. The van der Waals surface area contributed by atoms with Crippen molar-refractivity contribution in [3.05, 3.63) is 35.9 Å². The number of rotatable bonds is 18. The van der Waals surface area contributed by atoms with E-state index >= 15 is 0 Å². The normalized spacial score (nSPS) is 15.0. The summed E-state index contributed by atoms with van der Waals surface area (Å²) in [6.07, 6.45) is -0.986. The third-order valence-corrected chi connectivity index (χ3v) is 8.50. The molecule has 0 bridgehead atoms. The zero-order valence-corrected chi connectivity index (χ0v) is 32.1. The Morgan fingerprint density at radius 1 is 0.925 bits per heavy atom. The fourth-order valence-electron chi connectivity index (χ4n) is 4.87. The number of ketones is 2. The molecule has 0 spiro atoms. The minimum atomic E-state index is -4.67. The summed E-state index contributed by atoms with van der Waals surface area (Å²) in [4.78, 5) is 86.9. The average molecular weight is 756 g/mol. The van der Waals surface area contributed by atoms with Gasteiger partial charge in [0.25, 0.3) is 5.91 Å². The number of nitrogens with zero attached hydrogens (tertiary/aromatic N) is 1. The summed E-state index contributed by atoms with van der Waals surface area (Å²) < 4.78 is 41.7. The van der Waals surface area contributed by atoms with Gasteiger partial charge in [-0.25, -0.2) is 4.79 Å². The van der Waals surface area contributed by atoms with Crippen LogP contribution in [0.25, 0.3) is 0 Å². The van der Waals surface area contributed by atoms with Gasteiger partial charge in [0.15, 0.2) is 5.78 Å². The van der Waals surface area contributed by atoms with Gasteiger partial charge in [-0.2, -0.15) is 13.2 Å². The monoisotopic (exact) mass is 755 g/mol. The number of alkyl carbamates (subject to hydrolysis) is 1. The van der Waals surface area contributed by atoms with Crippen molar-refractivity contribution in [2.45, 2.75) is 117 Å². The van der Waals surface area contributed by atoms with Gasteiger partial charge < -0.3 is 30.9 Å². The van der Waals surface area contributed by atoms with Crippen molar-refractivity contribution in [1.82, 2.24) is 26.2 Å². The molecule has 5 amide bonds. The van der Waals surface area contributed by atoms with Crippen molar-refractivity contribution in [3.8, 4) is 0 Å². The van der Waals surface area contributed by atoms with Gasteiger partial charge in [0.05, 0.1) is 18.6 Å². The maximum absolute atomic E-state index is 12.8. The third-order valence-electron chi connectivity index (χ3n) is 8.50. The zero-order valence-electron chi connectivity index (χ0n) is 32.1.